The van der Waals surface area contributed by atoms with E-state index in [1.807, 2.05) is 20.8 Å². The van der Waals surface area contributed by atoms with Crippen LogP contribution in [-0.4, -0.2) is 30.4 Å². The number of amides is 1. The van der Waals surface area contributed by atoms with Crippen molar-refractivity contribution in [3.05, 3.63) is 0 Å². The second kappa shape index (κ2) is 4.48. The zero-order valence-electron chi connectivity index (χ0n) is 11.0. The van der Waals surface area contributed by atoms with Gasteiger partial charge in [-0.3, -0.25) is 0 Å². The summed E-state index contributed by atoms with van der Waals surface area (Å²) in [5.74, 6) is 0.462. The van der Waals surface area contributed by atoms with Crippen molar-refractivity contribution >= 4 is 6.09 Å². The number of rotatable bonds is 1. The van der Waals surface area contributed by atoms with Crippen molar-refractivity contribution in [2.45, 2.75) is 57.6 Å². The maximum absolute atomic E-state index is 11.9. The van der Waals surface area contributed by atoms with Crippen LogP contribution in [0.1, 0.15) is 46.5 Å². The third-order valence-corrected chi connectivity index (χ3v) is 3.72. The first-order valence-corrected chi connectivity index (χ1v) is 6.50. The molecule has 2 rings (SSSR count). The number of carbonyl (C=O) groups excluding carboxylic acids is 1. The largest absolute Gasteiger partial charge is 0.444 e. The third kappa shape index (κ3) is 2.92. The maximum Gasteiger partial charge on any atom is 0.408 e. The Morgan fingerprint density at radius 1 is 1.41 bits per heavy atom. The van der Waals surface area contributed by atoms with Gasteiger partial charge in [0, 0.05) is 12.5 Å². The molecule has 0 aromatic rings. The van der Waals surface area contributed by atoms with Crippen LogP contribution in [0.15, 0.2) is 0 Å². The van der Waals surface area contributed by atoms with E-state index in [1.165, 1.54) is 6.42 Å². The second-order valence-corrected chi connectivity index (χ2v) is 6.20. The fourth-order valence-electron chi connectivity index (χ4n) is 2.93. The van der Waals surface area contributed by atoms with Crippen LogP contribution >= 0.6 is 0 Å². The van der Waals surface area contributed by atoms with Gasteiger partial charge >= 0.3 is 6.09 Å². The molecule has 4 nitrogen and oxygen atoms in total. The standard InChI is InChI=1S/C13H23NO3/c1-12(2,3)17-11(15)14-13-6-4-5-10(13)9-16-8-7-13/h10H,4-9H2,1-3H3,(H,14,15)/t10-,13+/m1/s1. The van der Waals surface area contributed by atoms with E-state index in [2.05, 4.69) is 5.32 Å². The summed E-state index contributed by atoms with van der Waals surface area (Å²) in [6, 6.07) is 0. The van der Waals surface area contributed by atoms with Gasteiger partial charge in [-0.1, -0.05) is 6.42 Å². The van der Waals surface area contributed by atoms with Gasteiger partial charge in [-0.15, -0.1) is 0 Å². The highest BCUT2D eigenvalue weighted by atomic mass is 16.6. The first kappa shape index (κ1) is 12.7. The van der Waals surface area contributed by atoms with E-state index in [0.29, 0.717) is 5.92 Å². The molecule has 1 amide bonds. The van der Waals surface area contributed by atoms with Gasteiger partial charge in [0.1, 0.15) is 5.60 Å². The quantitative estimate of drug-likeness (QED) is 0.767. The summed E-state index contributed by atoms with van der Waals surface area (Å²) in [5, 5.41) is 3.11. The summed E-state index contributed by atoms with van der Waals surface area (Å²) in [5.41, 5.74) is -0.499. The molecule has 0 unspecified atom stereocenters. The molecule has 0 spiro atoms. The lowest BCUT2D eigenvalue weighted by atomic mass is 9.83. The van der Waals surface area contributed by atoms with Crippen LogP contribution in [0.2, 0.25) is 0 Å². The minimum Gasteiger partial charge on any atom is -0.444 e. The Kier molecular flexibility index (Phi) is 3.34. The minimum atomic E-state index is -0.431. The number of alkyl carbamates (subject to hydrolysis) is 1. The molecular formula is C13H23NO3. The second-order valence-electron chi connectivity index (χ2n) is 6.20. The van der Waals surface area contributed by atoms with Crippen molar-refractivity contribution < 1.29 is 14.3 Å². The Balaban J connectivity index is 1.98. The normalized spacial score (nSPS) is 33.0. The molecule has 0 radical (unpaired) electrons. The fourth-order valence-corrected chi connectivity index (χ4v) is 2.93. The van der Waals surface area contributed by atoms with Gasteiger partial charge in [0.05, 0.1) is 12.1 Å². The number of carbonyl (C=O) groups is 1. The van der Waals surface area contributed by atoms with Crippen LogP contribution in [0.4, 0.5) is 4.79 Å². The van der Waals surface area contributed by atoms with E-state index in [4.69, 9.17) is 9.47 Å². The Hall–Kier alpha value is -0.770. The highest BCUT2D eigenvalue weighted by Gasteiger charge is 2.46. The molecule has 0 aromatic heterocycles. The van der Waals surface area contributed by atoms with Crippen molar-refractivity contribution in [3.8, 4) is 0 Å². The van der Waals surface area contributed by atoms with Gasteiger partial charge in [0.2, 0.25) is 0 Å². The van der Waals surface area contributed by atoms with Gasteiger partial charge in [0.15, 0.2) is 0 Å². The lowest BCUT2D eigenvalue weighted by molar-refractivity contribution is -0.00845. The first-order chi connectivity index (χ1) is 7.91. The average molecular weight is 241 g/mol. The molecule has 1 N–H and O–H groups in total. The summed E-state index contributed by atoms with van der Waals surface area (Å²) >= 11 is 0. The highest BCUT2D eigenvalue weighted by molar-refractivity contribution is 5.69. The summed E-state index contributed by atoms with van der Waals surface area (Å²) in [4.78, 5) is 11.9. The number of ether oxygens (including phenoxy) is 2. The van der Waals surface area contributed by atoms with E-state index >= 15 is 0 Å². The van der Waals surface area contributed by atoms with Gasteiger partial charge in [-0.05, 0) is 40.0 Å². The van der Waals surface area contributed by atoms with Gasteiger partial charge < -0.3 is 14.8 Å². The topological polar surface area (TPSA) is 47.6 Å². The molecule has 2 fully saturated rings. The molecule has 1 aliphatic heterocycles. The van der Waals surface area contributed by atoms with Crippen molar-refractivity contribution in [1.82, 2.24) is 5.32 Å². The Morgan fingerprint density at radius 3 is 2.88 bits per heavy atom. The molecule has 1 heterocycles. The first-order valence-electron chi connectivity index (χ1n) is 6.50. The minimum absolute atomic E-state index is 0.0689. The van der Waals surface area contributed by atoms with Gasteiger partial charge in [-0.25, -0.2) is 4.79 Å². The Bertz CT molecular complexity index is 298. The van der Waals surface area contributed by atoms with Crippen molar-refractivity contribution in [2.24, 2.45) is 5.92 Å². The molecule has 0 bridgehead atoms. The summed E-state index contributed by atoms with van der Waals surface area (Å²) in [6.07, 6.45) is 4.00. The van der Waals surface area contributed by atoms with Gasteiger partial charge in [-0.2, -0.15) is 0 Å². The van der Waals surface area contributed by atoms with Crippen LogP contribution in [0.25, 0.3) is 0 Å². The van der Waals surface area contributed by atoms with E-state index in [-0.39, 0.29) is 11.6 Å². The number of hydrogen-bond donors (Lipinski definition) is 1. The zero-order chi connectivity index (χ0) is 12.5. The predicted molar refractivity (Wildman–Crippen MR) is 64.9 cm³/mol. The van der Waals surface area contributed by atoms with Crippen LogP contribution in [-0.2, 0) is 9.47 Å². The molecule has 0 aromatic carbocycles. The molecule has 4 heteroatoms. The van der Waals surface area contributed by atoms with Crippen LogP contribution in [0, 0.1) is 5.92 Å². The van der Waals surface area contributed by atoms with Crippen molar-refractivity contribution in [2.75, 3.05) is 13.2 Å². The van der Waals surface area contributed by atoms with E-state index in [0.717, 1.165) is 32.5 Å². The van der Waals surface area contributed by atoms with Crippen LogP contribution < -0.4 is 5.32 Å². The SMILES string of the molecule is CC(C)(C)OC(=O)N[C@]12CCC[C@@H]1COCC2. The monoisotopic (exact) mass is 241 g/mol. The zero-order valence-corrected chi connectivity index (χ0v) is 11.0. The molecule has 2 aliphatic rings. The van der Waals surface area contributed by atoms with Crippen LogP contribution in [0.3, 0.4) is 0 Å². The molecule has 17 heavy (non-hydrogen) atoms. The van der Waals surface area contributed by atoms with E-state index in [9.17, 15) is 4.79 Å². The molecular weight excluding hydrogens is 218 g/mol. The number of hydrogen-bond acceptors (Lipinski definition) is 3. The van der Waals surface area contributed by atoms with Crippen molar-refractivity contribution in [3.63, 3.8) is 0 Å². The average Bonchev–Trinajstić information content (AvgIpc) is 2.57. The number of fused-ring (bicyclic) bond motifs is 1. The molecule has 1 aliphatic carbocycles. The smallest absolute Gasteiger partial charge is 0.408 e. The van der Waals surface area contributed by atoms with E-state index < -0.39 is 5.60 Å². The molecule has 1 saturated heterocycles. The highest BCUT2D eigenvalue weighted by Crippen LogP contribution is 2.41. The Morgan fingerprint density at radius 2 is 2.18 bits per heavy atom. The predicted octanol–water partition coefficient (Wildman–Crippen LogP) is 2.47. The molecule has 98 valence electrons. The van der Waals surface area contributed by atoms with Gasteiger partial charge in [0.25, 0.3) is 0 Å². The summed E-state index contributed by atoms with van der Waals surface area (Å²) in [6.45, 7) is 7.18. The lowest BCUT2D eigenvalue weighted by Crippen LogP contribution is -2.56. The van der Waals surface area contributed by atoms with Crippen molar-refractivity contribution in [1.29, 1.82) is 0 Å². The summed E-state index contributed by atoms with van der Waals surface area (Å²) in [7, 11) is 0. The lowest BCUT2D eigenvalue weighted by Gasteiger charge is -2.40. The third-order valence-electron chi connectivity index (χ3n) is 3.72. The molecule has 1 saturated carbocycles. The Labute approximate surface area is 103 Å². The summed E-state index contributed by atoms with van der Waals surface area (Å²) < 4.78 is 10.9. The molecule has 2 atom stereocenters. The number of nitrogens with one attached hydrogen (secondary N) is 1. The maximum atomic E-state index is 11.9. The van der Waals surface area contributed by atoms with E-state index in [1.54, 1.807) is 0 Å². The van der Waals surface area contributed by atoms with Crippen LogP contribution in [0.5, 0.6) is 0 Å². The fraction of sp³-hybridized carbons (Fsp3) is 0.923.